The fourth-order valence-corrected chi connectivity index (χ4v) is 2.48. The molecule has 0 fully saturated rings. The van der Waals surface area contributed by atoms with Crippen LogP contribution in [0.3, 0.4) is 0 Å². The fourth-order valence-electron chi connectivity index (χ4n) is 2.48. The maximum Gasteiger partial charge on any atom is 0.319 e. The van der Waals surface area contributed by atoms with Crippen molar-refractivity contribution in [2.45, 2.75) is 32.6 Å². The minimum absolute atomic E-state index is 0.0890. The minimum Gasteiger partial charge on any atom is -0.338 e. The number of hydrogen-bond donors (Lipinski definition) is 2. The van der Waals surface area contributed by atoms with Gasteiger partial charge in [-0.25, -0.2) is 9.78 Å². The third-order valence-corrected chi connectivity index (χ3v) is 4.02. The molecule has 0 aliphatic heterocycles. The van der Waals surface area contributed by atoms with E-state index in [4.69, 9.17) is 0 Å². The highest BCUT2D eigenvalue weighted by Gasteiger charge is 2.12. The first-order valence-corrected chi connectivity index (χ1v) is 7.96. The van der Waals surface area contributed by atoms with Crippen LogP contribution in [0.2, 0.25) is 0 Å². The molecule has 0 bridgehead atoms. The molecule has 1 heterocycles. The van der Waals surface area contributed by atoms with E-state index in [0.29, 0.717) is 24.0 Å². The summed E-state index contributed by atoms with van der Waals surface area (Å²) in [4.78, 5) is 28.8. The number of carbonyl (C=O) groups is 2. The predicted octanol–water partition coefficient (Wildman–Crippen LogP) is 2.93. The van der Waals surface area contributed by atoms with E-state index in [-0.39, 0.29) is 11.9 Å². The number of nitrogens with zero attached hydrogens (tertiary/aromatic N) is 2. The number of nitrogens with one attached hydrogen (secondary N) is 2. The molecule has 2 N–H and O–H groups in total. The zero-order valence-corrected chi connectivity index (χ0v) is 13.7. The molecule has 124 valence electrons. The molecule has 2 rings (SSSR count). The number of pyridine rings is 1. The normalized spacial score (nSPS) is 14.9. The zero-order chi connectivity index (χ0) is 16.7. The van der Waals surface area contributed by atoms with Crippen LogP contribution in [0.25, 0.3) is 0 Å². The van der Waals surface area contributed by atoms with Gasteiger partial charge in [-0.1, -0.05) is 12.2 Å². The average molecular weight is 316 g/mol. The maximum atomic E-state index is 11.9. The molecular weight excluding hydrogens is 292 g/mol. The van der Waals surface area contributed by atoms with Crippen LogP contribution in [-0.2, 0) is 4.79 Å². The molecule has 1 aliphatic carbocycles. The van der Waals surface area contributed by atoms with Crippen molar-refractivity contribution in [3.63, 3.8) is 0 Å². The number of hydrogen-bond acceptors (Lipinski definition) is 3. The van der Waals surface area contributed by atoms with Crippen molar-refractivity contribution in [3.05, 3.63) is 30.5 Å². The van der Waals surface area contributed by atoms with Crippen LogP contribution in [-0.4, -0.2) is 30.5 Å². The van der Waals surface area contributed by atoms with E-state index in [1.165, 1.54) is 11.8 Å². The van der Waals surface area contributed by atoms with Crippen molar-refractivity contribution < 1.29 is 9.59 Å². The minimum atomic E-state index is -0.225. The Balaban J connectivity index is 1.79. The number of urea groups is 1. The van der Waals surface area contributed by atoms with Crippen LogP contribution in [0.15, 0.2) is 30.5 Å². The summed E-state index contributed by atoms with van der Waals surface area (Å²) in [6, 6.07) is 3.21. The summed E-state index contributed by atoms with van der Waals surface area (Å²) < 4.78 is 0. The van der Waals surface area contributed by atoms with Gasteiger partial charge in [0.15, 0.2) is 0 Å². The summed E-state index contributed by atoms with van der Waals surface area (Å²) >= 11 is 0. The highest BCUT2D eigenvalue weighted by atomic mass is 16.2. The van der Waals surface area contributed by atoms with Crippen LogP contribution in [0, 0.1) is 5.92 Å². The average Bonchev–Trinajstić information content (AvgIpc) is 2.81. The summed E-state index contributed by atoms with van der Waals surface area (Å²) in [6.07, 6.45) is 10.4. The molecule has 23 heavy (non-hydrogen) atoms. The summed E-state index contributed by atoms with van der Waals surface area (Å²) in [6.45, 7) is 2.16. The molecule has 0 aromatic carbocycles. The second-order valence-corrected chi connectivity index (χ2v) is 5.81. The second-order valence-electron chi connectivity index (χ2n) is 5.81. The van der Waals surface area contributed by atoms with E-state index < -0.39 is 0 Å². The Morgan fingerprint density at radius 3 is 2.52 bits per heavy atom. The first kappa shape index (κ1) is 17.0. The first-order chi connectivity index (χ1) is 11.1. The standard InChI is InChI=1S/C17H24N4O2/c1-13(22)21(2)16-10-9-15(12-18-16)20-17(23)19-11-14-7-5-3-4-6-8-14/h3-4,9-10,12,14H,5-8,11H2,1-2H3,(H2,19,20,23). The Morgan fingerprint density at radius 2 is 1.96 bits per heavy atom. The molecule has 0 spiro atoms. The van der Waals surface area contributed by atoms with Crippen LogP contribution in [0.1, 0.15) is 32.6 Å². The van der Waals surface area contributed by atoms with Gasteiger partial charge in [-0.05, 0) is 43.7 Å². The molecule has 0 radical (unpaired) electrons. The Kier molecular flexibility index (Phi) is 6.14. The van der Waals surface area contributed by atoms with E-state index in [0.717, 1.165) is 25.7 Å². The van der Waals surface area contributed by atoms with E-state index in [9.17, 15) is 9.59 Å². The van der Waals surface area contributed by atoms with Gasteiger partial charge in [0.25, 0.3) is 0 Å². The Labute approximate surface area is 137 Å². The molecular formula is C17H24N4O2. The van der Waals surface area contributed by atoms with Gasteiger partial charge in [-0.15, -0.1) is 0 Å². The van der Waals surface area contributed by atoms with Crippen LogP contribution < -0.4 is 15.5 Å². The Hall–Kier alpha value is -2.37. The van der Waals surface area contributed by atoms with E-state index in [2.05, 4.69) is 27.8 Å². The molecule has 3 amide bonds. The third-order valence-electron chi connectivity index (χ3n) is 4.02. The van der Waals surface area contributed by atoms with E-state index in [1.807, 2.05) is 0 Å². The monoisotopic (exact) mass is 316 g/mol. The summed E-state index contributed by atoms with van der Waals surface area (Å²) in [5.74, 6) is 0.990. The van der Waals surface area contributed by atoms with Crippen molar-refractivity contribution in [2.24, 2.45) is 5.92 Å². The van der Waals surface area contributed by atoms with Gasteiger partial charge < -0.3 is 15.5 Å². The van der Waals surface area contributed by atoms with Crippen molar-refractivity contribution in [1.82, 2.24) is 10.3 Å². The smallest absolute Gasteiger partial charge is 0.319 e. The first-order valence-electron chi connectivity index (χ1n) is 7.96. The number of carbonyl (C=O) groups excluding carboxylic acids is 2. The van der Waals surface area contributed by atoms with Gasteiger partial charge in [0, 0.05) is 20.5 Å². The highest BCUT2D eigenvalue weighted by molar-refractivity contribution is 5.91. The quantitative estimate of drug-likeness (QED) is 0.839. The number of rotatable bonds is 4. The molecule has 0 saturated heterocycles. The molecule has 0 atom stereocenters. The van der Waals surface area contributed by atoms with Gasteiger partial charge in [-0.2, -0.15) is 0 Å². The molecule has 1 aromatic rings. The molecule has 6 nitrogen and oxygen atoms in total. The third kappa shape index (κ3) is 5.39. The van der Waals surface area contributed by atoms with Gasteiger partial charge in [-0.3, -0.25) is 4.79 Å². The van der Waals surface area contributed by atoms with Gasteiger partial charge in [0.1, 0.15) is 5.82 Å². The van der Waals surface area contributed by atoms with E-state index in [1.54, 1.807) is 25.4 Å². The Bertz CT molecular complexity index is 558. The molecule has 1 aromatic heterocycles. The van der Waals surface area contributed by atoms with Gasteiger partial charge in [0.05, 0.1) is 11.9 Å². The lowest BCUT2D eigenvalue weighted by molar-refractivity contribution is -0.116. The summed E-state index contributed by atoms with van der Waals surface area (Å²) in [5, 5.41) is 5.67. The summed E-state index contributed by atoms with van der Waals surface area (Å²) in [5.41, 5.74) is 0.603. The van der Waals surface area contributed by atoms with Crippen LogP contribution in [0.4, 0.5) is 16.3 Å². The fraction of sp³-hybridized carbons (Fsp3) is 0.471. The largest absolute Gasteiger partial charge is 0.338 e. The van der Waals surface area contributed by atoms with Crippen molar-refractivity contribution in [2.75, 3.05) is 23.8 Å². The Morgan fingerprint density at radius 1 is 1.26 bits per heavy atom. The lowest BCUT2D eigenvalue weighted by Crippen LogP contribution is -2.33. The molecule has 1 aliphatic rings. The molecule has 0 saturated carbocycles. The number of allylic oxidation sites excluding steroid dienone is 2. The number of aromatic nitrogens is 1. The molecule has 0 unspecified atom stereocenters. The van der Waals surface area contributed by atoms with Crippen LogP contribution in [0.5, 0.6) is 0 Å². The summed E-state index contributed by atoms with van der Waals surface area (Å²) in [7, 11) is 1.66. The molecule has 6 heteroatoms. The second kappa shape index (κ2) is 8.31. The zero-order valence-electron chi connectivity index (χ0n) is 13.7. The lowest BCUT2D eigenvalue weighted by Gasteiger charge is -2.16. The number of amides is 3. The maximum absolute atomic E-state index is 11.9. The van der Waals surface area contributed by atoms with Gasteiger partial charge in [0.2, 0.25) is 5.91 Å². The highest BCUT2D eigenvalue weighted by Crippen LogP contribution is 2.17. The topological polar surface area (TPSA) is 74.3 Å². The van der Waals surface area contributed by atoms with Crippen LogP contribution >= 0.6 is 0 Å². The van der Waals surface area contributed by atoms with Gasteiger partial charge >= 0.3 is 6.03 Å². The van der Waals surface area contributed by atoms with Crippen molar-refractivity contribution in [1.29, 1.82) is 0 Å². The lowest BCUT2D eigenvalue weighted by atomic mass is 10.0. The van der Waals surface area contributed by atoms with Crippen molar-refractivity contribution in [3.8, 4) is 0 Å². The van der Waals surface area contributed by atoms with E-state index >= 15 is 0 Å². The SMILES string of the molecule is CC(=O)N(C)c1ccc(NC(=O)NCC2CCC=CCC2)cn1. The van der Waals surface area contributed by atoms with Crippen molar-refractivity contribution >= 4 is 23.4 Å². The number of anilines is 2. The predicted molar refractivity (Wildman–Crippen MR) is 91.4 cm³/mol.